The van der Waals surface area contributed by atoms with Crippen molar-refractivity contribution in [2.24, 2.45) is 11.8 Å². The standard InChI is InChI=1S/C11H18BrN5/c12-9-10(15-7-16-11(9)17-13)14-6-8-4-2-1-3-5-8/h7-8H,1-6,13H2,(H2,14,15,16,17). The van der Waals surface area contributed by atoms with Crippen molar-refractivity contribution in [3.8, 4) is 0 Å². The maximum Gasteiger partial charge on any atom is 0.159 e. The number of nitrogens with one attached hydrogen (secondary N) is 2. The van der Waals surface area contributed by atoms with Crippen LogP contribution in [0.1, 0.15) is 32.1 Å². The molecular weight excluding hydrogens is 282 g/mol. The number of aromatic nitrogens is 2. The van der Waals surface area contributed by atoms with Gasteiger partial charge in [0, 0.05) is 6.54 Å². The molecule has 1 heterocycles. The monoisotopic (exact) mass is 299 g/mol. The normalized spacial score (nSPS) is 16.8. The second-order valence-electron chi connectivity index (χ2n) is 4.41. The highest BCUT2D eigenvalue weighted by Gasteiger charge is 2.14. The molecule has 2 rings (SSSR count). The fourth-order valence-corrected chi connectivity index (χ4v) is 2.69. The Morgan fingerprint density at radius 2 is 1.94 bits per heavy atom. The van der Waals surface area contributed by atoms with Gasteiger partial charge in [-0.1, -0.05) is 19.3 Å². The van der Waals surface area contributed by atoms with Gasteiger partial charge in [0.2, 0.25) is 0 Å². The van der Waals surface area contributed by atoms with Crippen LogP contribution < -0.4 is 16.6 Å². The molecule has 1 aliphatic rings. The molecular formula is C11H18BrN5. The van der Waals surface area contributed by atoms with Gasteiger partial charge in [-0.2, -0.15) is 0 Å². The molecule has 0 aliphatic heterocycles. The van der Waals surface area contributed by atoms with Gasteiger partial charge in [0.1, 0.15) is 16.6 Å². The third-order valence-electron chi connectivity index (χ3n) is 3.21. The Kier molecular flexibility index (Phi) is 4.56. The van der Waals surface area contributed by atoms with Gasteiger partial charge >= 0.3 is 0 Å². The predicted molar refractivity (Wildman–Crippen MR) is 72.6 cm³/mol. The molecule has 1 aromatic rings. The lowest BCUT2D eigenvalue weighted by Crippen LogP contribution is -2.18. The van der Waals surface area contributed by atoms with E-state index in [-0.39, 0.29) is 0 Å². The number of nitrogens with two attached hydrogens (primary N) is 1. The molecule has 1 saturated carbocycles. The molecule has 0 aromatic carbocycles. The number of hydrazine groups is 1. The molecule has 94 valence electrons. The molecule has 1 aliphatic carbocycles. The fraction of sp³-hybridized carbons (Fsp3) is 0.636. The topological polar surface area (TPSA) is 75.9 Å². The molecule has 0 saturated heterocycles. The smallest absolute Gasteiger partial charge is 0.159 e. The lowest BCUT2D eigenvalue weighted by Gasteiger charge is -2.22. The maximum atomic E-state index is 5.36. The summed E-state index contributed by atoms with van der Waals surface area (Å²) in [5, 5.41) is 3.36. The van der Waals surface area contributed by atoms with Gasteiger partial charge in [0.25, 0.3) is 0 Å². The van der Waals surface area contributed by atoms with E-state index in [0.29, 0.717) is 5.82 Å². The van der Waals surface area contributed by atoms with Crippen LogP contribution in [-0.2, 0) is 0 Å². The van der Waals surface area contributed by atoms with E-state index in [2.05, 4.69) is 36.6 Å². The molecule has 17 heavy (non-hydrogen) atoms. The van der Waals surface area contributed by atoms with Crippen molar-refractivity contribution in [2.75, 3.05) is 17.3 Å². The Hall–Kier alpha value is -0.880. The number of halogens is 1. The predicted octanol–water partition coefficient (Wildman–Crippen LogP) is 2.52. The molecule has 5 nitrogen and oxygen atoms in total. The number of nitrogen functional groups attached to an aromatic ring is 1. The number of rotatable bonds is 4. The highest BCUT2D eigenvalue weighted by atomic mass is 79.9. The molecule has 0 unspecified atom stereocenters. The van der Waals surface area contributed by atoms with E-state index in [1.54, 1.807) is 0 Å². The number of anilines is 2. The second kappa shape index (κ2) is 6.16. The third kappa shape index (κ3) is 3.29. The summed E-state index contributed by atoms with van der Waals surface area (Å²) >= 11 is 3.44. The molecule has 0 spiro atoms. The summed E-state index contributed by atoms with van der Waals surface area (Å²) in [6, 6.07) is 0. The van der Waals surface area contributed by atoms with Crippen LogP contribution in [0.5, 0.6) is 0 Å². The highest BCUT2D eigenvalue weighted by Crippen LogP contribution is 2.28. The van der Waals surface area contributed by atoms with E-state index in [1.165, 1.54) is 38.4 Å². The molecule has 0 atom stereocenters. The summed E-state index contributed by atoms with van der Waals surface area (Å²) in [6.07, 6.45) is 8.23. The Labute approximate surface area is 110 Å². The van der Waals surface area contributed by atoms with Crippen LogP contribution in [0, 0.1) is 5.92 Å². The van der Waals surface area contributed by atoms with Gasteiger partial charge in [-0.3, -0.25) is 0 Å². The minimum Gasteiger partial charge on any atom is -0.369 e. The molecule has 0 bridgehead atoms. The van der Waals surface area contributed by atoms with E-state index in [0.717, 1.165) is 22.8 Å². The SMILES string of the molecule is NNc1ncnc(NCC2CCCCC2)c1Br. The molecule has 0 radical (unpaired) electrons. The van der Waals surface area contributed by atoms with E-state index in [9.17, 15) is 0 Å². The van der Waals surface area contributed by atoms with Crippen molar-refractivity contribution in [1.82, 2.24) is 9.97 Å². The Bertz CT molecular complexity index is 365. The minimum absolute atomic E-state index is 0.603. The van der Waals surface area contributed by atoms with E-state index < -0.39 is 0 Å². The van der Waals surface area contributed by atoms with Gasteiger partial charge in [-0.05, 0) is 34.7 Å². The van der Waals surface area contributed by atoms with E-state index in [4.69, 9.17) is 5.84 Å². The summed E-state index contributed by atoms with van der Waals surface area (Å²) < 4.78 is 0.790. The first-order valence-corrected chi connectivity index (χ1v) is 6.81. The van der Waals surface area contributed by atoms with Crippen molar-refractivity contribution < 1.29 is 0 Å². The second-order valence-corrected chi connectivity index (χ2v) is 5.21. The molecule has 1 aromatic heterocycles. The molecule has 0 amide bonds. The summed E-state index contributed by atoms with van der Waals surface area (Å²) in [4.78, 5) is 8.22. The average Bonchev–Trinajstić information content (AvgIpc) is 2.39. The summed E-state index contributed by atoms with van der Waals surface area (Å²) in [5.74, 6) is 7.53. The zero-order chi connectivity index (χ0) is 12.1. The van der Waals surface area contributed by atoms with Gasteiger partial charge < -0.3 is 10.7 Å². The fourth-order valence-electron chi connectivity index (χ4n) is 2.23. The van der Waals surface area contributed by atoms with Gasteiger partial charge in [0.05, 0.1) is 0 Å². The van der Waals surface area contributed by atoms with Crippen LogP contribution in [0.4, 0.5) is 11.6 Å². The first-order valence-electron chi connectivity index (χ1n) is 6.02. The largest absolute Gasteiger partial charge is 0.369 e. The van der Waals surface area contributed by atoms with Crippen LogP contribution in [0.2, 0.25) is 0 Å². The van der Waals surface area contributed by atoms with Crippen LogP contribution in [0.15, 0.2) is 10.8 Å². The highest BCUT2D eigenvalue weighted by molar-refractivity contribution is 9.10. The maximum absolute atomic E-state index is 5.36. The van der Waals surface area contributed by atoms with Gasteiger partial charge in [0.15, 0.2) is 5.82 Å². The molecule has 1 fully saturated rings. The van der Waals surface area contributed by atoms with Crippen LogP contribution >= 0.6 is 15.9 Å². The minimum atomic E-state index is 0.603. The van der Waals surface area contributed by atoms with Crippen LogP contribution in [0.25, 0.3) is 0 Å². The summed E-state index contributed by atoms with van der Waals surface area (Å²) in [6.45, 7) is 0.972. The van der Waals surface area contributed by atoms with E-state index in [1.807, 2.05) is 0 Å². The van der Waals surface area contributed by atoms with Gasteiger partial charge in [-0.15, -0.1) is 0 Å². The quantitative estimate of drug-likeness (QED) is 0.588. The number of hydrogen-bond donors (Lipinski definition) is 3. The average molecular weight is 300 g/mol. The molecule has 6 heteroatoms. The summed E-state index contributed by atoms with van der Waals surface area (Å²) in [7, 11) is 0. The zero-order valence-corrected chi connectivity index (χ0v) is 11.3. The van der Waals surface area contributed by atoms with Crippen molar-refractivity contribution in [2.45, 2.75) is 32.1 Å². The van der Waals surface area contributed by atoms with Crippen molar-refractivity contribution in [3.63, 3.8) is 0 Å². The Morgan fingerprint density at radius 3 is 2.65 bits per heavy atom. The van der Waals surface area contributed by atoms with E-state index >= 15 is 0 Å². The zero-order valence-electron chi connectivity index (χ0n) is 9.75. The van der Waals surface area contributed by atoms with Crippen LogP contribution in [0.3, 0.4) is 0 Å². The number of nitrogens with zero attached hydrogens (tertiary/aromatic N) is 2. The Morgan fingerprint density at radius 1 is 1.24 bits per heavy atom. The third-order valence-corrected chi connectivity index (χ3v) is 3.96. The van der Waals surface area contributed by atoms with Crippen molar-refractivity contribution >= 4 is 27.6 Å². The molecule has 4 N–H and O–H groups in total. The van der Waals surface area contributed by atoms with Crippen molar-refractivity contribution in [1.29, 1.82) is 0 Å². The van der Waals surface area contributed by atoms with Gasteiger partial charge in [-0.25, -0.2) is 15.8 Å². The number of hydrogen-bond acceptors (Lipinski definition) is 5. The summed E-state index contributed by atoms with van der Waals surface area (Å²) in [5.41, 5.74) is 2.54. The first-order chi connectivity index (χ1) is 8.31. The lowest BCUT2D eigenvalue weighted by atomic mass is 9.89. The van der Waals surface area contributed by atoms with Crippen LogP contribution in [-0.4, -0.2) is 16.5 Å². The first kappa shape index (κ1) is 12.6. The lowest BCUT2D eigenvalue weighted by molar-refractivity contribution is 0.373. The Balaban J connectivity index is 1.93. The van der Waals surface area contributed by atoms with Crippen molar-refractivity contribution in [3.05, 3.63) is 10.8 Å².